The topological polar surface area (TPSA) is 85.0 Å². The first kappa shape index (κ1) is 23.8. The molecule has 0 aromatic heterocycles. The zero-order chi connectivity index (χ0) is 24.9. The molecule has 0 saturated heterocycles. The van der Waals surface area contributed by atoms with Gasteiger partial charge < -0.3 is 15.5 Å². The van der Waals surface area contributed by atoms with Crippen molar-refractivity contribution in [3.63, 3.8) is 0 Å². The summed E-state index contributed by atoms with van der Waals surface area (Å²) in [4.78, 5) is 43.5. The van der Waals surface area contributed by atoms with Crippen LogP contribution in [0.2, 0.25) is 0 Å². The third-order valence-corrected chi connectivity index (χ3v) is 5.85. The van der Waals surface area contributed by atoms with Crippen LogP contribution in [0.25, 0.3) is 0 Å². The number of nitrogens with zero attached hydrogens (tertiary/aromatic N) is 3. The summed E-state index contributed by atoms with van der Waals surface area (Å²) in [7, 11) is 3.94. The molecule has 1 heterocycles. The van der Waals surface area contributed by atoms with Gasteiger partial charge in [0.05, 0.1) is 11.4 Å². The number of aryl methyl sites for hydroxylation is 1. The third-order valence-electron chi connectivity index (χ3n) is 5.85. The summed E-state index contributed by atoms with van der Waals surface area (Å²) < 4.78 is 0. The van der Waals surface area contributed by atoms with Gasteiger partial charge in [-0.3, -0.25) is 19.4 Å². The summed E-state index contributed by atoms with van der Waals surface area (Å²) in [5.41, 5.74) is 4.86. The van der Waals surface area contributed by atoms with Gasteiger partial charge in [0, 0.05) is 32.0 Å². The number of anilines is 4. The average Bonchev–Trinajstić information content (AvgIpc) is 2.86. The summed E-state index contributed by atoms with van der Waals surface area (Å²) in [6.07, 6.45) is 0. The minimum Gasteiger partial charge on any atom is -0.378 e. The van der Waals surface area contributed by atoms with Crippen molar-refractivity contribution < 1.29 is 14.4 Å². The van der Waals surface area contributed by atoms with Gasteiger partial charge in [-0.25, -0.2) is 4.79 Å². The van der Waals surface area contributed by atoms with Crippen LogP contribution in [0.15, 0.2) is 72.8 Å². The molecule has 1 aliphatic rings. The summed E-state index contributed by atoms with van der Waals surface area (Å²) in [6.45, 7) is 2.05. The van der Waals surface area contributed by atoms with Gasteiger partial charge >= 0.3 is 6.03 Å². The van der Waals surface area contributed by atoms with Gasteiger partial charge in [0.2, 0.25) is 11.8 Å². The fourth-order valence-corrected chi connectivity index (χ4v) is 3.86. The van der Waals surface area contributed by atoms with E-state index in [9.17, 15) is 14.4 Å². The van der Waals surface area contributed by atoms with Gasteiger partial charge in [-0.1, -0.05) is 42.0 Å². The molecule has 0 fully saturated rings. The SMILES string of the molecule is Cc1ccc(NC(=O)N2CC(=O)N(CC(=O)NCc3ccc(N(C)C)cc3)c3ccccc32)cc1. The molecule has 0 radical (unpaired) electrons. The highest BCUT2D eigenvalue weighted by molar-refractivity contribution is 6.15. The Hall–Kier alpha value is -4.33. The van der Waals surface area contributed by atoms with Crippen LogP contribution in [0.5, 0.6) is 0 Å². The van der Waals surface area contributed by atoms with Gasteiger partial charge in [0.15, 0.2) is 0 Å². The Labute approximate surface area is 205 Å². The van der Waals surface area contributed by atoms with Crippen LogP contribution in [0.1, 0.15) is 11.1 Å². The number of rotatable bonds is 6. The van der Waals surface area contributed by atoms with E-state index in [-0.39, 0.29) is 24.9 Å². The zero-order valence-corrected chi connectivity index (χ0v) is 20.1. The molecule has 4 amide bonds. The molecule has 3 aromatic rings. The van der Waals surface area contributed by atoms with Crippen LogP contribution < -0.4 is 25.3 Å². The molecule has 35 heavy (non-hydrogen) atoms. The Morgan fingerprint density at radius 2 is 1.57 bits per heavy atom. The Morgan fingerprint density at radius 3 is 2.23 bits per heavy atom. The summed E-state index contributed by atoms with van der Waals surface area (Å²) in [6, 6.07) is 22.0. The van der Waals surface area contributed by atoms with Crippen molar-refractivity contribution in [1.82, 2.24) is 5.32 Å². The van der Waals surface area contributed by atoms with Crippen molar-refractivity contribution in [1.29, 1.82) is 0 Å². The van der Waals surface area contributed by atoms with Crippen LogP contribution >= 0.6 is 0 Å². The van der Waals surface area contributed by atoms with Crippen molar-refractivity contribution in [3.05, 3.63) is 83.9 Å². The smallest absolute Gasteiger partial charge is 0.326 e. The van der Waals surface area contributed by atoms with E-state index in [1.807, 2.05) is 74.4 Å². The van der Waals surface area contributed by atoms with Crippen LogP contribution in [0, 0.1) is 6.92 Å². The molecule has 0 aliphatic carbocycles. The van der Waals surface area contributed by atoms with Gasteiger partial charge in [-0.05, 0) is 48.9 Å². The minimum atomic E-state index is -0.403. The molecule has 0 unspecified atom stereocenters. The summed E-state index contributed by atoms with van der Waals surface area (Å²) >= 11 is 0. The number of fused-ring (bicyclic) bond motifs is 1. The number of amides is 4. The number of benzene rings is 3. The third kappa shape index (κ3) is 5.60. The van der Waals surface area contributed by atoms with Crippen LogP contribution in [-0.4, -0.2) is 45.0 Å². The first-order valence-corrected chi connectivity index (χ1v) is 11.4. The second-order valence-corrected chi connectivity index (χ2v) is 8.69. The predicted octanol–water partition coefficient (Wildman–Crippen LogP) is 3.76. The maximum Gasteiger partial charge on any atom is 0.326 e. The molecular weight excluding hydrogens is 442 g/mol. The summed E-state index contributed by atoms with van der Waals surface area (Å²) in [5, 5.41) is 5.72. The normalized spacial score (nSPS) is 12.7. The second-order valence-electron chi connectivity index (χ2n) is 8.69. The number of hydrogen-bond donors (Lipinski definition) is 2. The van der Waals surface area contributed by atoms with E-state index >= 15 is 0 Å². The number of carbonyl (C=O) groups is 3. The molecule has 0 atom stereocenters. The van der Waals surface area contributed by atoms with Crippen molar-refractivity contribution in [3.8, 4) is 0 Å². The quantitative estimate of drug-likeness (QED) is 0.573. The lowest BCUT2D eigenvalue weighted by atomic mass is 10.1. The number of carbonyl (C=O) groups excluding carboxylic acids is 3. The average molecular weight is 472 g/mol. The fourth-order valence-electron chi connectivity index (χ4n) is 3.86. The molecule has 4 rings (SSSR count). The number of urea groups is 1. The molecule has 0 bridgehead atoms. The fraction of sp³-hybridized carbons (Fsp3) is 0.222. The number of nitrogens with one attached hydrogen (secondary N) is 2. The van der Waals surface area contributed by atoms with E-state index in [1.54, 1.807) is 24.3 Å². The monoisotopic (exact) mass is 471 g/mol. The molecule has 0 saturated carbocycles. The standard InChI is InChI=1S/C27H29N5O3/c1-19-8-12-21(13-9-19)29-27(35)32-18-26(34)31(23-6-4-5-7-24(23)32)17-25(33)28-16-20-10-14-22(15-11-20)30(2)3/h4-15H,16-18H2,1-3H3,(H,28,33)(H,29,35). The molecular formula is C27H29N5O3. The highest BCUT2D eigenvalue weighted by Crippen LogP contribution is 2.33. The maximum absolute atomic E-state index is 13.0. The largest absolute Gasteiger partial charge is 0.378 e. The Kier molecular flexibility index (Phi) is 7.01. The van der Waals surface area contributed by atoms with E-state index in [4.69, 9.17) is 0 Å². The van der Waals surface area contributed by atoms with Gasteiger partial charge in [0.1, 0.15) is 13.1 Å². The van der Waals surface area contributed by atoms with E-state index in [2.05, 4.69) is 10.6 Å². The zero-order valence-electron chi connectivity index (χ0n) is 20.1. The van der Waals surface area contributed by atoms with E-state index in [0.717, 1.165) is 16.8 Å². The summed E-state index contributed by atoms with van der Waals surface area (Å²) in [5.74, 6) is -0.601. The van der Waals surface area contributed by atoms with Crippen molar-refractivity contribution in [2.75, 3.05) is 47.2 Å². The predicted molar refractivity (Wildman–Crippen MR) is 139 cm³/mol. The Balaban J connectivity index is 1.43. The first-order chi connectivity index (χ1) is 16.8. The van der Waals surface area contributed by atoms with Gasteiger partial charge in [0.25, 0.3) is 0 Å². The lowest BCUT2D eigenvalue weighted by molar-refractivity contribution is -0.123. The highest BCUT2D eigenvalue weighted by Gasteiger charge is 2.33. The van der Waals surface area contributed by atoms with Crippen molar-refractivity contribution in [2.24, 2.45) is 0 Å². The van der Waals surface area contributed by atoms with E-state index in [0.29, 0.717) is 23.6 Å². The first-order valence-electron chi connectivity index (χ1n) is 11.4. The molecule has 2 N–H and O–H groups in total. The van der Waals surface area contributed by atoms with Crippen LogP contribution in [-0.2, 0) is 16.1 Å². The van der Waals surface area contributed by atoms with E-state index < -0.39 is 6.03 Å². The molecule has 8 nitrogen and oxygen atoms in total. The van der Waals surface area contributed by atoms with Crippen LogP contribution in [0.4, 0.5) is 27.5 Å². The van der Waals surface area contributed by atoms with Gasteiger partial charge in [-0.2, -0.15) is 0 Å². The molecule has 8 heteroatoms. The minimum absolute atomic E-state index is 0.126. The number of para-hydroxylation sites is 2. The van der Waals surface area contributed by atoms with Crippen LogP contribution in [0.3, 0.4) is 0 Å². The van der Waals surface area contributed by atoms with E-state index in [1.165, 1.54) is 9.80 Å². The number of hydrogen-bond acceptors (Lipinski definition) is 4. The molecule has 0 spiro atoms. The molecule has 1 aliphatic heterocycles. The maximum atomic E-state index is 13.0. The Morgan fingerprint density at radius 1 is 0.914 bits per heavy atom. The Bertz CT molecular complexity index is 1220. The molecule has 3 aromatic carbocycles. The highest BCUT2D eigenvalue weighted by atomic mass is 16.2. The van der Waals surface area contributed by atoms with Gasteiger partial charge in [-0.15, -0.1) is 0 Å². The lowest BCUT2D eigenvalue weighted by Gasteiger charge is -2.35. The van der Waals surface area contributed by atoms with Crippen molar-refractivity contribution >= 4 is 40.6 Å². The molecule has 180 valence electrons. The lowest BCUT2D eigenvalue weighted by Crippen LogP contribution is -2.51. The second kappa shape index (κ2) is 10.3. The van der Waals surface area contributed by atoms with Crippen molar-refractivity contribution in [2.45, 2.75) is 13.5 Å².